The average molecular weight is 740 g/mol. The van der Waals surface area contributed by atoms with Crippen LogP contribution in [0, 0.1) is 5.92 Å². The van der Waals surface area contributed by atoms with Crippen molar-refractivity contribution >= 4 is 55.2 Å². The molecule has 0 aliphatic carbocycles. The summed E-state index contributed by atoms with van der Waals surface area (Å²) in [5.41, 5.74) is 0.983. The summed E-state index contributed by atoms with van der Waals surface area (Å²) >= 11 is 0. The molecular formula is C38H56FN6O6Si. The number of pyridine rings is 2. The minimum absolute atomic E-state index is 0.00787. The van der Waals surface area contributed by atoms with E-state index in [0.29, 0.717) is 25.1 Å². The molecule has 1 fully saturated rings. The van der Waals surface area contributed by atoms with Gasteiger partial charge in [-0.3, -0.25) is 24.5 Å². The van der Waals surface area contributed by atoms with Gasteiger partial charge in [-0.1, -0.05) is 39.8 Å². The Balaban J connectivity index is 1.65. The summed E-state index contributed by atoms with van der Waals surface area (Å²) in [7, 11) is -0.613. The number of ether oxygens (including phenoxy) is 2. The van der Waals surface area contributed by atoms with Crippen LogP contribution in [0.3, 0.4) is 0 Å². The fraction of sp³-hybridized carbons (Fsp3) is 0.605. The van der Waals surface area contributed by atoms with E-state index < -0.39 is 44.8 Å². The smallest absolute Gasteiger partial charge is 0.414 e. The molecule has 2 atom stereocenters. The van der Waals surface area contributed by atoms with Crippen molar-refractivity contribution in [3.05, 3.63) is 41.9 Å². The van der Waals surface area contributed by atoms with E-state index in [1.807, 2.05) is 26.8 Å². The summed E-state index contributed by atoms with van der Waals surface area (Å²) < 4.78 is 29.9. The molecule has 52 heavy (non-hydrogen) atoms. The topological polar surface area (TPSA) is 148 Å². The fourth-order valence-corrected chi connectivity index (χ4v) is 7.64. The monoisotopic (exact) mass is 739 g/mol. The summed E-state index contributed by atoms with van der Waals surface area (Å²) in [6.07, 6.45) is 6.13. The zero-order valence-corrected chi connectivity index (χ0v) is 33.4. The first-order valence-electron chi connectivity index (χ1n) is 18.0. The molecule has 285 valence electrons. The summed E-state index contributed by atoms with van der Waals surface area (Å²) in [5.74, 6) is -0.424. The molecule has 0 spiro atoms. The van der Waals surface area contributed by atoms with Crippen molar-refractivity contribution in [1.82, 2.24) is 15.3 Å². The Kier molecular flexibility index (Phi) is 13.0. The fourth-order valence-electron chi connectivity index (χ4n) is 6.05. The number of anilines is 3. The molecule has 1 saturated heterocycles. The van der Waals surface area contributed by atoms with Crippen molar-refractivity contribution in [2.45, 2.75) is 123 Å². The predicted octanol–water partition coefficient (Wildman–Crippen LogP) is 8.76. The molecule has 0 aromatic carbocycles. The minimum Gasteiger partial charge on any atom is -0.444 e. The number of alkyl halides is 1. The molecule has 3 aromatic heterocycles. The van der Waals surface area contributed by atoms with Crippen molar-refractivity contribution in [2.24, 2.45) is 5.92 Å². The third kappa shape index (κ3) is 11.7. The van der Waals surface area contributed by atoms with Crippen LogP contribution in [0.5, 0.6) is 0 Å². The second-order valence-corrected chi connectivity index (χ2v) is 20.2. The second kappa shape index (κ2) is 16.6. The lowest BCUT2D eigenvalue weighted by Crippen LogP contribution is -2.52. The molecule has 4 heterocycles. The number of halogens is 1. The number of nitrogens with zero attached hydrogens (tertiary/aromatic N) is 3. The zero-order valence-electron chi connectivity index (χ0n) is 32.4. The first-order chi connectivity index (χ1) is 24.2. The van der Waals surface area contributed by atoms with Gasteiger partial charge >= 0.3 is 12.2 Å². The van der Waals surface area contributed by atoms with Crippen molar-refractivity contribution in [1.29, 1.82) is 0 Å². The van der Waals surface area contributed by atoms with Crippen LogP contribution in [0.4, 0.5) is 31.2 Å². The molecule has 0 bridgehead atoms. The van der Waals surface area contributed by atoms with Crippen LogP contribution >= 0.6 is 0 Å². The molecule has 3 amide bonds. The van der Waals surface area contributed by atoms with Crippen LogP contribution in [-0.4, -0.2) is 73.9 Å². The standard InChI is InChI=1S/C38H56FN6O6Si/c1-36(2,3)50-34(47)42-26-18-25(14-17-52(10)38(7,8)9)22-45(23-26)28-13-16-40-21-27(28)43-32(46)30-31-29(19-24(20-41-31)12-11-15-39)49-33(30)44-35(48)51-37(4,5)6/h13,16,19-21,25-26H,11-12,14-15,17-18,22-23H2,1-10H3,(H,42,47)(H,43,46)(H,44,48). The van der Waals surface area contributed by atoms with Crippen LogP contribution < -0.4 is 20.9 Å². The number of carbonyl (C=O) groups is 3. The van der Waals surface area contributed by atoms with E-state index >= 15 is 0 Å². The number of aromatic nitrogens is 2. The number of carbonyl (C=O) groups excluding carboxylic acids is 3. The van der Waals surface area contributed by atoms with Gasteiger partial charge in [-0.05, 0) is 89.5 Å². The van der Waals surface area contributed by atoms with Crippen LogP contribution in [0.15, 0.2) is 35.1 Å². The molecule has 3 N–H and O–H groups in total. The second-order valence-electron chi connectivity index (χ2n) is 16.7. The number of fused-ring (bicyclic) bond motifs is 1. The lowest BCUT2D eigenvalue weighted by molar-refractivity contribution is 0.0492. The van der Waals surface area contributed by atoms with E-state index in [2.05, 4.69) is 58.1 Å². The van der Waals surface area contributed by atoms with Gasteiger partial charge in [0, 0.05) is 25.5 Å². The van der Waals surface area contributed by atoms with Gasteiger partial charge in [0.15, 0.2) is 5.58 Å². The van der Waals surface area contributed by atoms with Gasteiger partial charge in [0.2, 0.25) is 5.88 Å². The van der Waals surface area contributed by atoms with Gasteiger partial charge in [0.1, 0.15) is 22.3 Å². The van der Waals surface area contributed by atoms with Crippen molar-refractivity contribution in [3.63, 3.8) is 0 Å². The maximum absolute atomic E-state index is 14.2. The lowest BCUT2D eigenvalue weighted by atomic mass is 9.91. The summed E-state index contributed by atoms with van der Waals surface area (Å²) in [6.45, 7) is 20.7. The van der Waals surface area contributed by atoms with Crippen molar-refractivity contribution in [3.8, 4) is 0 Å². The first-order valence-corrected chi connectivity index (χ1v) is 20.2. The maximum Gasteiger partial charge on any atom is 0.414 e. The first kappa shape index (κ1) is 40.6. The van der Waals surface area contributed by atoms with Crippen LogP contribution in [-0.2, 0) is 15.9 Å². The van der Waals surface area contributed by atoms with Gasteiger partial charge in [-0.15, -0.1) is 0 Å². The Morgan fingerprint density at radius 3 is 2.35 bits per heavy atom. The van der Waals surface area contributed by atoms with E-state index in [1.54, 1.807) is 45.4 Å². The Hall–Kier alpha value is -4.20. The van der Waals surface area contributed by atoms with Crippen molar-refractivity contribution in [2.75, 3.05) is 35.3 Å². The van der Waals surface area contributed by atoms with E-state index in [9.17, 15) is 18.8 Å². The molecule has 1 radical (unpaired) electrons. The number of nitrogens with one attached hydrogen (secondary N) is 3. The minimum atomic E-state index is -0.800. The number of aryl methyl sites for hydroxylation is 1. The largest absolute Gasteiger partial charge is 0.444 e. The highest BCUT2D eigenvalue weighted by molar-refractivity contribution is 6.60. The Bertz CT molecular complexity index is 1710. The number of amides is 3. The predicted molar refractivity (Wildman–Crippen MR) is 205 cm³/mol. The molecular weight excluding hydrogens is 684 g/mol. The SMILES string of the molecule is C[Si](CCC1CC(NC(=O)OC(C)(C)C)CN(c2ccncc2NC(=O)c2c(NC(=O)OC(C)(C)C)oc3cc(CCCF)cnc23)C1)C(C)(C)C. The highest BCUT2D eigenvalue weighted by atomic mass is 28.3. The quantitative estimate of drug-likeness (QED) is 0.164. The van der Waals surface area contributed by atoms with Crippen LogP contribution in [0.1, 0.15) is 97.5 Å². The molecule has 0 saturated carbocycles. The Labute approximate surface area is 308 Å². The molecule has 14 heteroatoms. The third-order valence-electron chi connectivity index (χ3n) is 8.88. The van der Waals surface area contributed by atoms with Gasteiger partial charge < -0.3 is 29.4 Å². The molecule has 1 aliphatic heterocycles. The Morgan fingerprint density at radius 1 is 1.00 bits per heavy atom. The molecule has 1 aliphatic rings. The van der Waals surface area contributed by atoms with E-state index in [-0.39, 0.29) is 39.5 Å². The number of alkyl carbamates (subject to hydrolysis) is 1. The highest BCUT2D eigenvalue weighted by Gasteiger charge is 2.33. The van der Waals surface area contributed by atoms with Crippen LogP contribution in [0.2, 0.25) is 17.6 Å². The van der Waals surface area contributed by atoms with Crippen LogP contribution in [0.25, 0.3) is 11.1 Å². The van der Waals surface area contributed by atoms with Gasteiger partial charge in [0.05, 0.1) is 39.1 Å². The number of rotatable bonds is 11. The summed E-state index contributed by atoms with van der Waals surface area (Å²) in [6, 6.07) is 4.48. The van der Waals surface area contributed by atoms with Gasteiger partial charge in [0.25, 0.3) is 5.91 Å². The molecule has 2 unspecified atom stereocenters. The zero-order chi connectivity index (χ0) is 38.4. The molecule has 12 nitrogen and oxygen atoms in total. The average Bonchev–Trinajstić information content (AvgIpc) is 3.37. The molecule has 4 rings (SSSR count). The Morgan fingerprint density at radius 2 is 1.69 bits per heavy atom. The highest BCUT2D eigenvalue weighted by Crippen LogP contribution is 2.36. The molecule has 3 aromatic rings. The van der Waals surface area contributed by atoms with Crippen molar-refractivity contribution < 1.29 is 32.7 Å². The normalized spacial score (nSPS) is 16.9. The van der Waals surface area contributed by atoms with Gasteiger partial charge in [-0.2, -0.15) is 0 Å². The maximum atomic E-state index is 14.2. The van der Waals surface area contributed by atoms with E-state index in [1.165, 1.54) is 0 Å². The number of hydrogen-bond acceptors (Lipinski definition) is 9. The number of piperidine rings is 1. The summed E-state index contributed by atoms with van der Waals surface area (Å²) in [5, 5.41) is 8.94. The third-order valence-corrected chi connectivity index (χ3v) is 12.5. The number of hydrogen-bond donors (Lipinski definition) is 3. The van der Waals surface area contributed by atoms with Gasteiger partial charge in [-0.25, -0.2) is 9.59 Å². The van der Waals surface area contributed by atoms with E-state index in [4.69, 9.17) is 13.9 Å². The summed E-state index contributed by atoms with van der Waals surface area (Å²) in [4.78, 5) is 50.9. The van der Waals surface area contributed by atoms with E-state index in [0.717, 1.165) is 36.7 Å². The lowest BCUT2D eigenvalue weighted by Gasteiger charge is -2.40. The number of furan rings is 1.